The molecule has 0 saturated carbocycles. The first-order valence-electron chi connectivity index (χ1n) is 7.70. The Bertz CT molecular complexity index is 481. The van der Waals surface area contributed by atoms with Crippen LogP contribution in [0.2, 0.25) is 0 Å². The van der Waals surface area contributed by atoms with Gasteiger partial charge in [-0.2, -0.15) is 0 Å². The first kappa shape index (κ1) is 14.0. The van der Waals surface area contributed by atoms with Crippen molar-refractivity contribution in [2.24, 2.45) is 5.41 Å². The maximum Gasteiger partial charge on any atom is 0.133 e. The molecule has 2 heterocycles. The molecule has 1 aromatic rings. The number of fused-ring (bicyclic) bond motifs is 1. The monoisotopic (exact) mass is 275 g/mol. The topological polar surface area (TPSA) is 47.0 Å². The number of rotatable bonds is 2. The van der Waals surface area contributed by atoms with Gasteiger partial charge >= 0.3 is 0 Å². The van der Waals surface area contributed by atoms with Gasteiger partial charge in [-0.25, -0.2) is 9.97 Å². The summed E-state index contributed by atoms with van der Waals surface area (Å²) in [6.45, 7) is 6.31. The molecule has 2 unspecified atom stereocenters. The molecule has 4 heteroatoms. The van der Waals surface area contributed by atoms with Crippen LogP contribution in [0.4, 0.5) is 0 Å². The van der Waals surface area contributed by atoms with E-state index in [-0.39, 0.29) is 0 Å². The minimum atomic E-state index is 0.301. The lowest BCUT2D eigenvalue weighted by atomic mass is 9.74. The second kappa shape index (κ2) is 5.41. The second-order valence-electron chi connectivity index (χ2n) is 6.93. The third-order valence-electron chi connectivity index (χ3n) is 4.57. The number of hydrogen-bond donors (Lipinski definition) is 1. The molecule has 0 amide bonds. The lowest BCUT2D eigenvalue weighted by molar-refractivity contribution is 0.0778. The highest BCUT2D eigenvalue weighted by atomic mass is 16.5. The van der Waals surface area contributed by atoms with E-state index in [1.807, 2.05) is 13.2 Å². The highest BCUT2D eigenvalue weighted by Gasteiger charge is 2.33. The van der Waals surface area contributed by atoms with Gasteiger partial charge in [0, 0.05) is 36.0 Å². The predicted octanol–water partition coefficient (Wildman–Crippen LogP) is 2.60. The van der Waals surface area contributed by atoms with Crippen LogP contribution in [0.25, 0.3) is 0 Å². The van der Waals surface area contributed by atoms with Crippen molar-refractivity contribution in [3.05, 3.63) is 23.3 Å². The summed E-state index contributed by atoms with van der Waals surface area (Å²) in [7, 11) is 2.03. The van der Waals surface area contributed by atoms with E-state index in [0.717, 1.165) is 44.7 Å². The summed E-state index contributed by atoms with van der Waals surface area (Å²) in [4.78, 5) is 9.53. The van der Waals surface area contributed by atoms with Crippen LogP contribution in [-0.2, 0) is 11.2 Å². The van der Waals surface area contributed by atoms with Crippen molar-refractivity contribution in [2.45, 2.75) is 51.5 Å². The molecule has 0 radical (unpaired) electrons. The van der Waals surface area contributed by atoms with Crippen molar-refractivity contribution >= 4 is 0 Å². The van der Waals surface area contributed by atoms with Crippen molar-refractivity contribution in [1.29, 1.82) is 0 Å². The lowest BCUT2D eigenvalue weighted by Gasteiger charge is -2.36. The van der Waals surface area contributed by atoms with E-state index in [0.29, 0.717) is 17.4 Å². The highest BCUT2D eigenvalue weighted by Crippen LogP contribution is 2.40. The van der Waals surface area contributed by atoms with E-state index in [9.17, 15) is 0 Å². The highest BCUT2D eigenvalue weighted by molar-refractivity contribution is 5.27. The largest absolute Gasteiger partial charge is 0.381 e. The van der Waals surface area contributed by atoms with Gasteiger partial charge in [-0.1, -0.05) is 13.8 Å². The number of nitrogens with one attached hydrogen (secondary N) is 1. The average molecular weight is 275 g/mol. The zero-order valence-corrected chi connectivity index (χ0v) is 12.8. The SMILES string of the molecule is CNC1CC(C)(C)Cc2nc(C3CCCOC3)ncc21. The van der Waals surface area contributed by atoms with Crippen LogP contribution in [0.1, 0.15) is 62.2 Å². The van der Waals surface area contributed by atoms with Crippen molar-refractivity contribution in [1.82, 2.24) is 15.3 Å². The van der Waals surface area contributed by atoms with E-state index >= 15 is 0 Å². The van der Waals surface area contributed by atoms with Gasteiger partial charge in [0.2, 0.25) is 0 Å². The molecule has 2 atom stereocenters. The Morgan fingerprint density at radius 1 is 1.40 bits per heavy atom. The van der Waals surface area contributed by atoms with Crippen LogP contribution >= 0.6 is 0 Å². The van der Waals surface area contributed by atoms with Crippen molar-refractivity contribution in [3.63, 3.8) is 0 Å². The normalized spacial score (nSPS) is 28.9. The standard InChI is InChI=1S/C16H25N3O/c1-16(2)7-13(17-3)12-9-18-15(19-14(12)8-16)11-5-4-6-20-10-11/h9,11,13,17H,4-8,10H2,1-3H3. The summed E-state index contributed by atoms with van der Waals surface area (Å²) in [5.41, 5.74) is 2.82. The average Bonchev–Trinajstić information content (AvgIpc) is 2.45. The smallest absolute Gasteiger partial charge is 0.133 e. The van der Waals surface area contributed by atoms with E-state index in [4.69, 9.17) is 9.72 Å². The van der Waals surface area contributed by atoms with Crippen molar-refractivity contribution in [2.75, 3.05) is 20.3 Å². The Kier molecular flexibility index (Phi) is 3.78. The molecule has 1 aliphatic heterocycles. The van der Waals surface area contributed by atoms with Crippen LogP contribution in [0, 0.1) is 5.41 Å². The molecule has 1 aromatic heterocycles. The molecular formula is C16H25N3O. The molecule has 1 aliphatic carbocycles. The van der Waals surface area contributed by atoms with Gasteiger partial charge in [-0.3, -0.25) is 0 Å². The summed E-state index contributed by atoms with van der Waals surface area (Å²) >= 11 is 0. The maximum absolute atomic E-state index is 5.57. The fourth-order valence-electron chi connectivity index (χ4n) is 3.46. The number of nitrogens with zero attached hydrogens (tertiary/aromatic N) is 2. The molecule has 0 bridgehead atoms. The summed E-state index contributed by atoms with van der Waals surface area (Å²) in [6, 6.07) is 0.380. The van der Waals surface area contributed by atoms with E-state index in [2.05, 4.69) is 24.1 Å². The Morgan fingerprint density at radius 2 is 2.25 bits per heavy atom. The Hall–Kier alpha value is -1.00. The first-order valence-corrected chi connectivity index (χ1v) is 7.70. The number of aromatic nitrogens is 2. The van der Waals surface area contributed by atoms with Gasteiger partial charge in [-0.15, -0.1) is 0 Å². The molecule has 4 nitrogen and oxygen atoms in total. The zero-order chi connectivity index (χ0) is 14.2. The van der Waals surface area contributed by atoms with E-state index < -0.39 is 0 Å². The van der Waals surface area contributed by atoms with Gasteiger partial charge in [0.15, 0.2) is 0 Å². The molecule has 20 heavy (non-hydrogen) atoms. The van der Waals surface area contributed by atoms with Crippen LogP contribution in [0.5, 0.6) is 0 Å². The first-order chi connectivity index (χ1) is 9.59. The minimum Gasteiger partial charge on any atom is -0.381 e. The zero-order valence-electron chi connectivity index (χ0n) is 12.8. The number of ether oxygens (including phenoxy) is 1. The van der Waals surface area contributed by atoms with Crippen LogP contribution in [0.15, 0.2) is 6.20 Å². The van der Waals surface area contributed by atoms with Gasteiger partial charge in [0.05, 0.1) is 6.61 Å². The molecule has 1 fully saturated rings. The molecule has 110 valence electrons. The third kappa shape index (κ3) is 2.72. The molecule has 1 saturated heterocycles. The number of hydrogen-bond acceptors (Lipinski definition) is 4. The summed E-state index contributed by atoms with van der Waals surface area (Å²) in [6.07, 6.45) is 6.51. The predicted molar refractivity (Wildman–Crippen MR) is 78.7 cm³/mol. The molecule has 0 aromatic carbocycles. The molecule has 0 spiro atoms. The molecular weight excluding hydrogens is 250 g/mol. The van der Waals surface area contributed by atoms with E-state index in [1.54, 1.807) is 0 Å². The molecule has 3 rings (SSSR count). The fourth-order valence-corrected chi connectivity index (χ4v) is 3.46. The molecule has 1 N–H and O–H groups in total. The van der Waals surface area contributed by atoms with Crippen molar-refractivity contribution in [3.8, 4) is 0 Å². The van der Waals surface area contributed by atoms with Gasteiger partial charge in [-0.05, 0) is 38.1 Å². The van der Waals surface area contributed by atoms with Gasteiger partial charge in [0.1, 0.15) is 5.82 Å². The van der Waals surface area contributed by atoms with Crippen molar-refractivity contribution < 1.29 is 4.74 Å². The second-order valence-corrected chi connectivity index (χ2v) is 6.93. The molecule has 2 aliphatic rings. The summed E-state index contributed by atoms with van der Waals surface area (Å²) < 4.78 is 5.57. The fraction of sp³-hybridized carbons (Fsp3) is 0.750. The summed E-state index contributed by atoms with van der Waals surface area (Å²) in [5, 5.41) is 3.41. The lowest BCUT2D eigenvalue weighted by Crippen LogP contribution is -2.33. The maximum atomic E-state index is 5.57. The van der Waals surface area contributed by atoms with Crippen LogP contribution < -0.4 is 5.32 Å². The van der Waals surface area contributed by atoms with Gasteiger partial charge in [0.25, 0.3) is 0 Å². The third-order valence-corrected chi connectivity index (χ3v) is 4.57. The quantitative estimate of drug-likeness (QED) is 0.901. The Labute approximate surface area is 121 Å². The van der Waals surface area contributed by atoms with Crippen LogP contribution in [-0.4, -0.2) is 30.2 Å². The Balaban J connectivity index is 1.91. The van der Waals surface area contributed by atoms with Gasteiger partial charge < -0.3 is 10.1 Å². The minimum absolute atomic E-state index is 0.301. The van der Waals surface area contributed by atoms with E-state index in [1.165, 1.54) is 11.3 Å². The summed E-state index contributed by atoms with van der Waals surface area (Å²) in [5.74, 6) is 1.36. The van der Waals surface area contributed by atoms with Crippen LogP contribution in [0.3, 0.4) is 0 Å². The Morgan fingerprint density at radius 3 is 2.95 bits per heavy atom.